The third kappa shape index (κ3) is 3.29. The van der Waals surface area contributed by atoms with Crippen molar-refractivity contribution in [3.63, 3.8) is 0 Å². The van der Waals surface area contributed by atoms with Gasteiger partial charge in [0, 0.05) is 17.5 Å². The molecule has 0 fully saturated rings. The molecule has 2 rings (SSSR count). The van der Waals surface area contributed by atoms with Crippen LogP contribution in [0.4, 0.5) is 5.69 Å². The van der Waals surface area contributed by atoms with Gasteiger partial charge in [0.2, 0.25) is 5.91 Å². The quantitative estimate of drug-likeness (QED) is 0.839. The summed E-state index contributed by atoms with van der Waals surface area (Å²) in [7, 11) is 0. The molecule has 1 N–H and O–H groups in total. The Labute approximate surface area is 116 Å². The Morgan fingerprint density at radius 3 is 2.89 bits per heavy atom. The monoisotopic (exact) mass is 279 g/mol. The van der Waals surface area contributed by atoms with E-state index in [0.717, 1.165) is 12.1 Å². The average molecular weight is 279 g/mol. The highest BCUT2D eigenvalue weighted by Crippen LogP contribution is 2.32. The number of carboxylic acids is 1. The molecule has 1 heterocycles. The van der Waals surface area contributed by atoms with Crippen LogP contribution in [-0.4, -0.2) is 34.5 Å². The van der Waals surface area contributed by atoms with E-state index < -0.39 is 5.97 Å². The van der Waals surface area contributed by atoms with Crippen molar-refractivity contribution in [3.8, 4) is 0 Å². The molecular formula is C14H17NO3S. The molecular weight excluding hydrogens is 262 g/mol. The summed E-state index contributed by atoms with van der Waals surface area (Å²) in [5.74, 6) is 0.0596. The van der Waals surface area contributed by atoms with Crippen molar-refractivity contribution >= 4 is 29.3 Å². The molecule has 19 heavy (non-hydrogen) atoms. The van der Waals surface area contributed by atoms with Crippen LogP contribution in [0.2, 0.25) is 0 Å². The van der Waals surface area contributed by atoms with Crippen molar-refractivity contribution in [2.45, 2.75) is 25.8 Å². The van der Waals surface area contributed by atoms with Crippen molar-refractivity contribution in [2.75, 3.05) is 16.4 Å². The second kappa shape index (κ2) is 6.10. The number of nitrogens with zero attached hydrogens (tertiary/aromatic N) is 1. The molecule has 0 unspecified atom stereocenters. The summed E-state index contributed by atoms with van der Waals surface area (Å²) in [6, 6.07) is 8.13. The van der Waals surface area contributed by atoms with E-state index in [9.17, 15) is 9.59 Å². The maximum Gasteiger partial charge on any atom is 0.304 e. The van der Waals surface area contributed by atoms with Gasteiger partial charge in [-0.05, 0) is 25.0 Å². The normalized spacial score (nSPS) is 17.3. The van der Waals surface area contributed by atoms with Crippen molar-refractivity contribution in [1.82, 2.24) is 0 Å². The van der Waals surface area contributed by atoms with Crippen LogP contribution in [0.15, 0.2) is 24.3 Å². The summed E-state index contributed by atoms with van der Waals surface area (Å²) in [5.41, 5.74) is 2.21. The molecule has 102 valence electrons. The lowest BCUT2D eigenvalue weighted by molar-refractivity contribution is -0.136. The van der Waals surface area contributed by atoms with Crippen molar-refractivity contribution in [1.29, 1.82) is 0 Å². The summed E-state index contributed by atoms with van der Waals surface area (Å²) in [6.07, 6.45) is 0.992. The van der Waals surface area contributed by atoms with Gasteiger partial charge < -0.3 is 10.0 Å². The van der Waals surface area contributed by atoms with Gasteiger partial charge in [0.15, 0.2) is 0 Å². The van der Waals surface area contributed by atoms with Crippen LogP contribution in [0.25, 0.3) is 0 Å². The molecule has 0 aliphatic carbocycles. The zero-order valence-corrected chi connectivity index (χ0v) is 11.7. The van der Waals surface area contributed by atoms with E-state index in [2.05, 4.69) is 6.07 Å². The largest absolute Gasteiger partial charge is 0.481 e. The SMILES string of the molecule is C[C@@H]1Cc2ccccc2N1C(=O)CSCCC(=O)O. The molecule has 1 aliphatic heterocycles. The second-order valence-electron chi connectivity index (χ2n) is 4.64. The van der Waals surface area contributed by atoms with E-state index in [0.29, 0.717) is 11.5 Å². The Hall–Kier alpha value is -1.49. The van der Waals surface area contributed by atoms with Crippen LogP contribution in [-0.2, 0) is 16.0 Å². The standard InChI is InChI=1S/C14H17NO3S/c1-10-8-11-4-2-3-5-12(11)15(10)13(16)9-19-7-6-14(17)18/h2-5,10H,6-9H2,1H3,(H,17,18)/t10-/m1/s1. The average Bonchev–Trinajstić information content (AvgIpc) is 2.70. The van der Waals surface area contributed by atoms with E-state index in [-0.39, 0.29) is 18.4 Å². The van der Waals surface area contributed by atoms with Gasteiger partial charge in [-0.1, -0.05) is 18.2 Å². The number of carboxylic acid groups (broad SMARTS) is 1. The van der Waals surface area contributed by atoms with E-state index in [1.54, 1.807) is 0 Å². The van der Waals surface area contributed by atoms with Crippen molar-refractivity contribution < 1.29 is 14.7 Å². The van der Waals surface area contributed by atoms with Crippen LogP contribution >= 0.6 is 11.8 Å². The van der Waals surface area contributed by atoms with Crippen LogP contribution in [0.5, 0.6) is 0 Å². The number of anilines is 1. The van der Waals surface area contributed by atoms with E-state index in [1.807, 2.05) is 30.0 Å². The summed E-state index contributed by atoms with van der Waals surface area (Å²) in [4.78, 5) is 24.5. The Balaban J connectivity index is 1.94. The number of carbonyl (C=O) groups excluding carboxylic acids is 1. The summed E-state index contributed by atoms with van der Waals surface area (Å²) in [5, 5.41) is 8.55. The molecule has 1 aromatic carbocycles. The first-order valence-corrected chi connectivity index (χ1v) is 7.44. The number of aliphatic carboxylic acids is 1. The molecule has 1 amide bonds. The Morgan fingerprint density at radius 2 is 2.16 bits per heavy atom. The number of hydrogen-bond donors (Lipinski definition) is 1. The maximum atomic E-state index is 12.2. The maximum absolute atomic E-state index is 12.2. The fourth-order valence-corrected chi connectivity index (χ4v) is 3.11. The first-order valence-electron chi connectivity index (χ1n) is 6.29. The van der Waals surface area contributed by atoms with Crippen LogP contribution in [0, 0.1) is 0 Å². The third-order valence-corrected chi connectivity index (χ3v) is 4.11. The van der Waals surface area contributed by atoms with Gasteiger partial charge in [0.05, 0.1) is 12.2 Å². The van der Waals surface area contributed by atoms with Gasteiger partial charge in [-0.2, -0.15) is 11.8 Å². The Bertz CT molecular complexity index is 489. The van der Waals surface area contributed by atoms with Gasteiger partial charge in [0.1, 0.15) is 0 Å². The topological polar surface area (TPSA) is 57.6 Å². The van der Waals surface area contributed by atoms with E-state index >= 15 is 0 Å². The lowest BCUT2D eigenvalue weighted by atomic mass is 10.1. The highest BCUT2D eigenvalue weighted by molar-refractivity contribution is 7.99. The van der Waals surface area contributed by atoms with Crippen LogP contribution in [0.3, 0.4) is 0 Å². The van der Waals surface area contributed by atoms with Crippen LogP contribution < -0.4 is 4.90 Å². The van der Waals surface area contributed by atoms with E-state index in [4.69, 9.17) is 5.11 Å². The van der Waals surface area contributed by atoms with Crippen molar-refractivity contribution in [2.24, 2.45) is 0 Å². The summed E-state index contributed by atoms with van der Waals surface area (Å²) >= 11 is 1.38. The van der Waals surface area contributed by atoms with Crippen LogP contribution in [0.1, 0.15) is 18.9 Å². The third-order valence-electron chi connectivity index (χ3n) is 3.16. The summed E-state index contributed by atoms with van der Waals surface area (Å²) < 4.78 is 0. The Morgan fingerprint density at radius 1 is 1.42 bits per heavy atom. The molecule has 5 heteroatoms. The van der Waals surface area contributed by atoms with E-state index in [1.165, 1.54) is 17.3 Å². The molecule has 0 radical (unpaired) electrons. The first kappa shape index (κ1) is 13.9. The zero-order valence-electron chi connectivity index (χ0n) is 10.8. The molecule has 0 saturated heterocycles. The predicted octanol–water partition coefficient (Wildman–Crippen LogP) is 2.17. The first-order chi connectivity index (χ1) is 9.09. The fourth-order valence-electron chi connectivity index (χ4n) is 2.33. The second-order valence-corrected chi connectivity index (χ2v) is 5.75. The number of fused-ring (bicyclic) bond motifs is 1. The lowest BCUT2D eigenvalue weighted by Crippen LogP contribution is -2.37. The molecule has 0 aromatic heterocycles. The zero-order chi connectivity index (χ0) is 13.8. The van der Waals surface area contributed by atoms with Gasteiger partial charge >= 0.3 is 5.97 Å². The number of para-hydroxylation sites is 1. The molecule has 1 aliphatic rings. The fraction of sp³-hybridized carbons (Fsp3) is 0.429. The van der Waals surface area contributed by atoms with Crippen molar-refractivity contribution in [3.05, 3.63) is 29.8 Å². The molecule has 4 nitrogen and oxygen atoms in total. The molecule has 1 aromatic rings. The highest BCUT2D eigenvalue weighted by atomic mass is 32.2. The summed E-state index contributed by atoms with van der Waals surface area (Å²) in [6.45, 7) is 2.04. The minimum Gasteiger partial charge on any atom is -0.481 e. The Kier molecular flexibility index (Phi) is 4.47. The van der Waals surface area contributed by atoms with Gasteiger partial charge in [-0.25, -0.2) is 0 Å². The molecule has 0 bridgehead atoms. The lowest BCUT2D eigenvalue weighted by Gasteiger charge is -2.22. The number of amides is 1. The number of rotatable bonds is 5. The minimum absolute atomic E-state index is 0.0628. The van der Waals surface area contributed by atoms with Gasteiger partial charge in [0.25, 0.3) is 0 Å². The number of hydrogen-bond acceptors (Lipinski definition) is 3. The van der Waals surface area contributed by atoms with Gasteiger partial charge in [-0.3, -0.25) is 9.59 Å². The molecule has 0 saturated carbocycles. The predicted molar refractivity (Wildman–Crippen MR) is 76.7 cm³/mol. The minimum atomic E-state index is -0.820. The number of thioether (sulfide) groups is 1. The molecule has 0 spiro atoms. The smallest absolute Gasteiger partial charge is 0.304 e. The highest BCUT2D eigenvalue weighted by Gasteiger charge is 2.29. The van der Waals surface area contributed by atoms with Gasteiger partial charge in [-0.15, -0.1) is 0 Å². The number of carbonyl (C=O) groups is 2. The number of benzene rings is 1. The molecule has 1 atom stereocenters.